The number of fused-ring (bicyclic) bond motifs is 1. The van der Waals surface area contributed by atoms with Crippen LogP contribution < -0.4 is 4.74 Å². The second-order valence-corrected chi connectivity index (χ2v) is 7.86. The average Bonchev–Trinajstić information content (AvgIpc) is 3.29. The first-order valence-electron chi connectivity index (χ1n) is 9.51. The van der Waals surface area contributed by atoms with E-state index in [9.17, 15) is 4.79 Å². The summed E-state index contributed by atoms with van der Waals surface area (Å²) in [5, 5.41) is 3.97. The summed E-state index contributed by atoms with van der Waals surface area (Å²) in [6.45, 7) is 6.44. The number of amides is 1. The van der Waals surface area contributed by atoms with E-state index in [2.05, 4.69) is 29.2 Å². The minimum atomic E-state index is 0.176. The number of nitrogens with zero attached hydrogens (tertiary/aromatic N) is 3. The van der Waals surface area contributed by atoms with Crippen LogP contribution in [-0.2, 0) is 11.2 Å². The lowest BCUT2D eigenvalue weighted by Crippen LogP contribution is -2.34. The molecule has 0 radical (unpaired) electrons. The van der Waals surface area contributed by atoms with Crippen molar-refractivity contribution in [3.8, 4) is 5.75 Å². The summed E-state index contributed by atoms with van der Waals surface area (Å²) in [6, 6.07) is 8.68. The molecule has 0 saturated carbocycles. The summed E-state index contributed by atoms with van der Waals surface area (Å²) < 4.78 is 10.5. The third-order valence-electron chi connectivity index (χ3n) is 6.21. The lowest BCUT2D eigenvalue weighted by atomic mass is 9.89. The first-order valence-corrected chi connectivity index (χ1v) is 9.51. The molecule has 1 aromatic heterocycles. The molecule has 27 heavy (non-hydrogen) atoms. The molecule has 2 aliphatic rings. The van der Waals surface area contributed by atoms with Crippen molar-refractivity contribution >= 4 is 5.91 Å². The third kappa shape index (κ3) is 3.23. The van der Waals surface area contributed by atoms with Crippen molar-refractivity contribution < 1.29 is 14.1 Å². The number of benzene rings is 1. The molecular weight excluding hydrogens is 342 g/mol. The highest BCUT2D eigenvalue weighted by molar-refractivity contribution is 5.79. The molecule has 3 atom stereocenters. The third-order valence-corrected chi connectivity index (χ3v) is 6.21. The lowest BCUT2D eigenvalue weighted by Gasteiger charge is -2.27. The molecule has 144 valence electrons. The number of hydrogen-bond donors (Lipinski definition) is 0. The highest BCUT2D eigenvalue weighted by atomic mass is 16.5. The maximum atomic E-state index is 12.9. The van der Waals surface area contributed by atoms with Crippen LogP contribution in [0.25, 0.3) is 0 Å². The number of carbonyl (C=O) groups is 1. The fraction of sp³-hybridized carbons (Fsp3) is 0.524. The van der Waals surface area contributed by atoms with Gasteiger partial charge in [0.1, 0.15) is 11.5 Å². The molecule has 0 spiro atoms. The van der Waals surface area contributed by atoms with Gasteiger partial charge in [-0.15, -0.1) is 0 Å². The van der Waals surface area contributed by atoms with Crippen LogP contribution in [0.5, 0.6) is 5.75 Å². The van der Waals surface area contributed by atoms with E-state index < -0.39 is 0 Å². The van der Waals surface area contributed by atoms with Crippen LogP contribution in [0.2, 0.25) is 0 Å². The standard InChI is InChI=1S/C21H27N3O3/c1-13-18(14(2)27-22-13)9-20(25)24-11-16-10-23(3)21(19(16)12-24)15-5-7-17(26-4)8-6-15/h5-8,16,19,21H,9-12H2,1-4H3/t16-,19+,21-/m0/s1. The summed E-state index contributed by atoms with van der Waals surface area (Å²) in [5.41, 5.74) is 3.04. The van der Waals surface area contributed by atoms with E-state index in [1.807, 2.05) is 30.9 Å². The van der Waals surface area contributed by atoms with Crippen molar-refractivity contribution in [2.24, 2.45) is 11.8 Å². The van der Waals surface area contributed by atoms with Crippen LogP contribution in [0, 0.1) is 25.7 Å². The monoisotopic (exact) mass is 369 g/mol. The van der Waals surface area contributed by atoms with E-state index in [1.165, 1.54) is 5.56 Å². The van der Waals surface area contributed by atoms with Gasteiger partial charge in [0.05, 0.1) is 19.2 Å². The average molecular weight is 369 g/mol. The first-order chi connectivity index (χ1) is 13.0. The van der Waals surface area contributed by atoms with Crippen LogP contribution in [0.3, 0.4) is 0 Å². The Bertz CT molecular complexity index is 810. The van der Waals surface area contributed by atoms with E-state index >= 15 is 0 Å². The van der Waals surface area contributed by atoms with Gasteiger partial charge in [-0.3, -0.25) is 9.69 Å². The molecule has 6 heteroatoms. The zero-order valence-electron chi connectivity index (χ0n) is 16.4. The molecule has 3 heterocycles. The fourth-order valence-electron chi connectivity index (χ4n) is 4.78. The molecule has 1 aromatic carbocycles. The highest BCUT2D eigenvalue weighted by Gasteiger charge is 2.47. The largest absolute Gasteiger partial charge is 0.497 e. The highest BCUT2D eigenvalue weighted by Crippen LogP contribution is 2.44. The van der Waals surface area contributed by atoms with Crippen LogP contribution >= 0.6 is 0 Å². The normalized spacial score (nSPS) is 25.0. The molecule has 6 nitrogen and oxygen atoms in total. The van der Waals surface area contributed by atoms with Gasteiger partial charge in [-0.05, 0) is 44.5 Å². The first kappa shape index (κ1) is 18.0. The number of ether oxygens (including phenoxy) is 1. The Morgan fingerprint density at radius 3 is 2.59 bits per heavy atom. The van der Waals surface area contributed by atoms with Crippen molar-refractivity contribution in [1.29, 1.82) is 0 Å². The molecule has 2 saturated heterocycles. The minimum absolute atomic E-state index is 0.176. The molecule has 0 bridgehead atoms. The maximum absolute atomic E-state index is 12.9. The summed E-state index contributed by atoms with van der Waals surface area (Å²) >= 11 is 0. The van der Waals surface area contributed by atoms with Crippen LogP contribution in [0.15, 0.2) is 28.8 Å². The van der Waals surface area contributed by atoms with E-state index in [-0.39, 0.29) is 5.91 Å². The molecule has 0 aliphatic carbocycles. The number of aryl methyl sites for hydroxylation is 2. The smallest absolute Gasteiger partial charge is 0.227 e. The van der Waals surface area contributed by atoms with Crippen molar-refractivity contribution in [2.75, 3.05) is 33.8 Å². The van der Waals surface area contributed by atoms with Gasteiger partial charge in [0, 0.05) is 37.2 Å². The molecule has 2 aliphatic heterocycles. The van der Waals surface area contributed by atoms with E-state index in [4.69, 9.17) is 9.26 Å². The predicted molar refractivity (Wildman–Crippen MR) is 102 cm³/mol. The zero-order valence-corrected chi connectivity index (χ0v) is 16.4. The predicted octanol–water partition coefficient (Wildman–Crippen LogP) is 2.60. The van der Waals surface area contributed by atoms with Gasteiger partial charge in [0.15, 0.2) is 0 Å². The van der Waals surface area contributed by atoms with Crippen molar-refractivity contribution in [3.05, 3.63) is 46.8 Å². The Morgan fingerprint density at radius 2 is 1.96 bits per heavy atom. The van der Waals surface area contributed by atoms with Crippen molar-refractivity contribution in [1.82, 2.24) is 15.0 Å². The number of likely N-dealkylation sites (tertiary alicyclic amines) is 2. The molecule has 4 rings (SSSR count). The Balaban J connectivity index is 1.48. The SMILES string of the molecule is COc1ccc([C@H]2[C@@H]3CN(C(=O)Cc4c(C)noc4C)C[C@@H]3CN2C)cc1. The van der Waals surface area contributed by atoms with E-state index in [1.54, 1.807) is 7.11 Å². The Labute approximate surface area is 160 Å². The summed E-state index contributed by atoms with van der Waals surface area (Å²) in [4.78, 5) is 17.3. The molecule has 2 fully saturated rings. The molecule has 2 aromatic rings. The molecule has 1 amide bonds. The topological polar surface area (TPSA) is 58.8 Å². The lowest BCUT2D eigenvalue weighted by molar-refractivity contribution is -0.129. The second kappa shape index (κ2) is 7.00. The van der Waals surface area contributed by atoms with Crippen LogP contribution in [0.1, 0.15) is 28.6 Å². The Hall–Kier alpha value is -2.34. The Kier molecular flexibility index (Phi) is 4.68. The van der Waals surface area contributed by atoms with Gasteiger partial charge in [-0.25, -0.2) is 0 Å². The van der Waals surface area contributed by atoms with Crippen molar-refractivity contribution in [2.45, 2.75) is 26.3 Å². The van der Waals surface area contributed by atoms with Gasteiger partial charge in [-0.1, -0.05) is 17.3 Å². The van der Waals surface area contributed by atoms with Gasteiger partial charge in [0.2, 0.25) is 5.91 Å². The van der Waals surface area contributed by atoms with Gasteiger partial charge in [-0.2, -0.15) is 0 Å². The number of carbonyl (C=O) groups excluding carboxylic acids is 1. The number of aromatic nitrogens is 1. The second-order valence-electron chi connectivity index (χ2n) is 7.86. The zero-order chi connectivity index (χ0) is 19.1. The van der Waals surface area contributed by atoms with Crippen LogP contribution in [-0.4, -0.2) is 54.7 Å². The number of rotatable bonds is 4. The van der Waals surface area contributed by atoms with Crippen LogP contribution in [0.4, 0.5) is 0 Å². The molecule has 0 N–H and O–H groups in total. The molecular formula is C21H27N3O3. The molecule has 0 unspecified atom stereocenters. The Morgan fingerprint density at radius 1 is 1.22 bits per heavy atom. The quantitative estimate of drug-likeness (QED) is 0.829. The summed E-state index contributed by atoms with van der Waals surface area (Å²) in [6.07, 6.45) is 0.379. The minimum Gasteiger partial charge on any atom is -0.497 e. The summed E-state index contributed by atoms with van der Waals surface area (Å²) in [5.74, 6) is 2.79. The van der Waals surface area contributed by atoms with E-state index in [0.717, 1.165) is 42.4 Å². The number of hydrogen-bond acceptors (Lipinski definition) is 5. The maximum Gasteiger partial charge on any atom is 0.227 e. The summed E-state index contributed by atoms with van der Waals surface area (Å²) in [7, 11) is 3.87. The number of methoxy groups -OCH3 is 1. The van der Waals surface area contributed by atoms with Gasteiger partial charge in [0.25, 0.3) is 0 Å². The van der Waals surface area contributed by atoms with Crippen molar-refractivity contribution in [3.63, 3.8) is 0 Å². The van der Waals surface area contributed by atoms with Gasteiger partial charge >= 0.3 is 0 Å². The van der Waals surface area contributed by atoms with E-state index in [0.29, 0.717) is 24.3 Å². The van der Waals surface area contributed by atoms with Gasteiger partial charge < -0.3 is 14.2 Å². The fourth-order valence-corrected chi connectivity index (χ4v) is 4.78.